The minimum atomic E-state index is -0.672. The van der Waals surface area contributed by atoms with Crippen LogP contribution >= 0.6 is 11.9 Å². The van der Waals surface area contributed by atoms with Crippen molar-refractivity contribution in [2.24, 2.45) is 10.9 Å². The first kappa shape index (κ1) is 21.5. The van der Waals surface area contributed by atoms with Gasteiger partial charge in [-0.15, -0.1) is 0 Å². The lowest BCUT2D eigenvalue weighted by Crippen LogP contribution is -2.57. The molecule has 5 N–H and O–H groups in total. The molecule has 4 aliphatic rings. The Morgan fingerprint density at radius 2 is 1.84 bits per heavy atom. The number of amides is 2. The third-order valence-corrected chi connectivity index (χ3v) is 7.19. The minimum Gasteiger partial charge on any atom is -0.475 e. The van der Waals surface area contributed by atoms with Gasteiger partial charge in [-0.25, -0.2) is 18.3 Å². The quantitative estimate of drug-likeness (QED) is 0.601. The van der Waals surface area contributed by atoms with E-state index in [0.717, 1.165) is 89.3 Å². The molecule has 2 aliphatic heterocycles. The smallest absolute Gasteiger partial charge is 0.316 e. The number of nitrogens with zero attached hydrogens (tertiary/aromatic N) is 3. The molecule has 6 rings (SSSR count). The van der Waals surface area contributed by atoms with Crippen molar-refractivity contribution < 1.29 is 18.3 Å². The summed E-state index contributed by atoms with van der Waals surface area (Å²) in [5.74, 6) is 0.699. The highest BCUT2D eigenvalue weighted by Crippen LogP contribution is 2.41. The van der Waals surface area contributed by atoms with E-state index in [9.17, 15) is 13.6 Å². The van der Waals surface area contributed by atoms with Crippen LogP contribution in [0.4, 0.5) is 19.3 Å². The van der Waals surface area contributed by atoms with E-state index in [1.807, 2.05) is 0 Å². The molecule has 2 amide bonds. The molecule has 1 unspecified atom stereocenters. The minimum absolute atomic E-state index is 0.0382. The SMILES string of the molecule is NC(=O)Nc1c2c(c(F)c3c1CC3)CCC2.NSc1cnn2c1OCC(N1CC(F)C1)C2. The number of carbonyl (C=O) groups is 1. The van der Waals surface area contributed by atoms with Crippen LogP contribution in [0.5, 0.6) is 5.88 Å². The number of hydrogen-bond acceptors (Lipinski definition) is 6. The molecule has 0 saturated carbocycles. The normalized spacial score (nSPS) is 21.2. The van der Waals surface area contributed by atoms with Crippen LogP contribution in [0, 0.1) is 5.82 Å². The van der Waals surface area contributed by atoms with E-state index in [2.05, 4.69) is 15.3 Å². The van der Waals surface area contributed by atoms with Gasteiger partial charge in [0, 0.05) is 18.8 Å². The van der Waals surface area contributed by atoms with Gasteiger partial charge in [0.15, 0.2) is 0 Å². The maximum absolute atomic E-state index is 14.0. The van der Waals surface area contributed by atoms with Crippen LogP contribution in [0.3, 0.4) is 0 Å². The number of likely N-dealkylation sites (tertiary alicyclic amines) is 1. The largest absolute Gasteiger partial charge is 0.475 e. The standard InChI is InChI=1S/C12H13FN2O.C9H13FN4OS/c13-10-6-2-1-3-8(6)11(15-12(14)16)9-5-4-7(9)10;10-6-2-13(3-6)7-4-14-9(15-5-7)8(16-11)1-12-14/h1-5H2,(H3,14,15,16);1,6-7H,2-5,11H2. The van der Waals surface area contributed by atoms with Crippen LogP contribution in [0.2, 0.25) is 0 Å². The lowest BCUT2D eigenvalue weighted by Gasteiger charge is -2.41. The molecule has 0 bridgehead atoms. The van der Waals surface area contributed by atoms with Crippen molar-refractivity contribution in [3.8, 4) is 5.88 Å². The number of rotatable bonds is 3. The van der Waals surface area contributed by atoms with Gasteiger partial charge in [-0.05, 0) is 66.3 Å². The number of urea groups is 1. The number of halogens is 2. The Balaban J connectivity index is 0.000000135. The zero-order chi connectivity index (χ0) is 22.4. The number of primary amides is 1. The summed E-state index contributed by atoms with van der Waals surface area (Å²) < 4.78 is 34.2. The first-order chi connectivity index (χ1) is 15.5. The van der Waals surface area contributed by atoms with E-state index in [0.29, 0.717) is 19.7 Å². The summed E-state index contributed by atoms with van der Waals surface area (Å²) in [7, 11) is 0. The second-order valence-corrected chi connectivity index (χ2v) is 9.25. The summed E-state index contributed by atoms with van der Waals surface area (Å²) in [6.07, 6.45) is 5.24. The molecule has 0 spiro atoms. The van der Waals surface area contributed by atoms with Crippen LogP contribution in [-0.4, -0.2) is 52.6 Å². The van der Waals surface area contributed by atoms with Gasteiger partial charge in [-0.1, -0.05) is 0 Å². The zero-order valence-corrected chi connectivity index (χ0v) is 18.4. The highest BCUT2D eigenvalue weighted by Gasteiger charge is 2.36. The third-order valence-electron chi connectivity index (χ3n) is 6.65. The summed E-state index contributed by atoms with van der Waals surface area (Å²) in [5.41, 5.74) is 9.45. The Morgan fingerprint density at radius 1 is 1.16 bits per heavy atom. The van der Waals surface area contributed by atoms with E-state index in [4.69, 9.17) is 15.6 Å². The maximum atomic E-state index is 14.0. The third kappa shape index (κ3) is 3.71. The number of carbonyl (C=O) groups excluding carboxylic acids is 1. The van der Waals surface area contributed by atoms with Crippen molar-refractivity contribution in [3.63, 3.8) is 0 Å². The van der Waals surface area contributed by atoms with Crippen LogP contribution in [0.1, 0.15) is 28.7 Å². The van der Waals surface area contributed by atoms with Crippen LogP contribution < -0.4 is 20.9 Å². The van der Waals surface area contributed by atoms with Gasteiger partial charge in [0.2, 0.25) is 5.88 Å². The van der Waals surface area contributed by atoms with Crippen LogP contribution in [-0.2, 0) is 32.2 Å². The van der Waals surface area contributed by atoms with E-state index in [1.165, 1.54) is 0 Å². The van der Waals surface area contributed by atoms with Crippen LogP contribution in [0.25, 0.3) is 0 Å². The van der Waals surface area contributed by atoms with Crippen molar-refractivity contribution in [2.75, 3.05) is 25.0 Å². The Morgan fingerprint density at radius 3 is 2.50 bits per heavy atom. The number of anilines is 1. The molecule has 172 valence electrons. The number of nitrogens with two attached hydrogens (primary N) is 2. The molecule has 8 nitrogen and oxygen atoms in total. The van der Waals surface area contributed by atoms with Crippen LogP contribution in [0.15, 0.2) is 11.1 Å². The molecule has 1 aromatic heterocycles. The Hall–Kier alpha value is -2.37. The maximum Gasteiger partial charge on any atom is 0.316 e. The van der Waals surface area contributed by atoms with Gasteiger partial charge in [0.1, 0.15) is 23.5 Å². The van der Waals surface area contributed by atoms with Gasteiger partial charge in [-0.2, -0.15) is 5.10 Å². The first-order valence-corrected chi connectivity index (χ1v) is 11.7. The number of nitrogens with one attached hydrogen (secondary N) is 1. The van der Waals surface area contributed by atoms with E-state index in [-0.39, 0.29) is 11.9 Å². The van der Waals surface area contributed by atoms with E-state index >= 15 is 0 Å². The highest BCUT2D eigenvalue weighted by molar-refractivity contribution is 7.97. The zero-order valence-electron chi connectivity index (χ0n) is 17.6. The number of benzene rings is 1. The lowest BCUT2D eigenvalue weighted by atomic mass is 9.83. The van der Waals surface area contributed by atoms with Gasteiger partial charge in [0.25, 0.3) is 0 Å². The first-order valence-electron chi connectivity index (χ1n) is 10.8. The molecule has 0 radical (unpaired) electrons. The molecular formula is C21H26F2N6O2S. The lowest BCUT2D eigenvalue weighted by molar-refractivity contribution is -0.0114. The highest BCUT2D eigenvalue weighted by atomic mass is 32.2. The topological polar surface area (TPSA) is 111 Å². The number of aromatic nitrogens is 2. The number of fused-ring (bicyclic) bond motifs is 3. The molecule has 1 saturated heterocycles. The fourth-order valence-electron chi connectivity index (χ4n) is 4.91. The Labute approximate surface area is 188 Å². The van der Waals surface area contributed by atoms with Gasteiger partial charge >= 0.3 is 6.03 Å². The number of alkyl halides is 1. The molecule has 32 heavy (non-hydrogen) atoms. The number of hydrogen-bond donors (Lipinski definition) is 3. The Bertz CT molecular complexity index is 1060. The average Bonchev–Trinajstić information content (AvgIpc) is 3.36. The summed E-state index contributed by atoms with van der Waals surface area (Å²) in [5, 5.41) is 12.4. The molecule has 2 aliphatic carbocycles. The fourth-order valence-corrected chi connectivity index (χ4v) is 5.28. The molecule has 11 heteroatoms. The summed E-state index contributed by atoms with van der Waals surface area (Å²) in [6.45, 7) is 2.38. The molecular weight excluding hydrogens is 438 g/mol. The second-order valence-electron chi connectivity index (χ2n) is 8.58. The second kappa shape index (κ2) is 8.53. The summed E-state index contributed by atoms with van der Waals surface area (Å²) in [6, 6.07) is -0.329. The van der Waals surface area contributed by atoms with Gasteiger partial charge in [-0.3, -0.25) is 10.0 Å². The van der Waals surface area contributed by atoms with Crippen molar-refractivity contribution in [1.82, 2.24) is 14.7 Å². The van der Waals surface area contributed by atoms with Crippen molar-refractivity contribution in [1.29, 1.82) is 0 Å². The molecule has 1 aromatic carbocycles. The van der Waals surface area contributed by atoms with Gasteiger partial charge < -0.3 is 15.8 Å². The van der Waals surface area contributed by atoms with Crippen molar-refractivity contribution in [3.05, 3.63) is 34.3 Å². The predicted octanol–water partition coefficient (Wildman–Crippen LogP) is 2.17. The van der Waals surface area contributed by atoms with E-state index in [1.54, 1.807) is 10.9 Å². The molecule has 2 aromatic rings. The van der Waals surface area contributed by atoms with Crippen molar-refractivity contribution in [2.45, 2.75) is 55.8 Å². The summed E-state index contributed by atoms with van der Waals surface area (Å²) in [4.78, 5) is 13.9. The molecule has 3 heterocycles. The van der Waals surface area contributed by atoms with Gasteiger partial charge in [0.05, 0.1) is 18.8 Å². The fraction of sp³-hybridized carbons (Fsp3) is 0.524. The predicted molar refractivity (Wildman–Crippen MR) is 117 cm³/mol. The molecule has 1 fully saturated rings. The number of ether oxygens (including phenoxy) is 1. The Kier molecular flexibility index (Phi) is 5.72. The average molecular weight is 465 g/mol. The van der Waals surface area contributed by atoms with Crippen molar-refractivity contribution >= 4 is 23.7 Å². The molecule has 1 atom stereocenters. The van der Waals surface area contributed by atoms with E-state index < -0.39 is 12.2 Å². The summed E-state index contributed by atoms with van der Waals surface area (Å²) >= 11 is 1.14. The monoisotopic (exact) mass is 464 g/mol.